The number of halogens is 3. The molecule has 0 saturated carbocycles. The summed E-state index contributed by atoms with van der Waals surface area (Å²) < 4.78 is 38.7. The number of pyridine rings is 2. The summed E-state index contributed by atoms with van der Waals surface area (Å²) in [5.74, 6) is 1.12. The smallest absolute Gasteiger partial charge is 0.369 e. The average Bonchev–Trinajstić information content (AvgIpc) is 2.76. The van der Waals surface area contributed by atoms with E-state index in [1.165, 1.54) is 23.9 Å². The summed E-state index contributed by atoms with van der Waals surface area (Å²) in [5, 5.41) is 3.95. The van der Waals surface area contributed by atoms with Gasteiger partial charge >= 0.3 is 6.18 Å². The Kier molecular flexibility index (Phi) is 6.18. The molecule has 4 nitrogen and oxygen atoms in total. The molecular weight excluding hydrogens is 389 g/mol. The number of benzene rings is 1. The lowest BCUT2D eigenvalue weighted by atomic mass is 9.96. The zero-order valence-electron chi connectivity index (χ0n) is 16.7. The second-order valence-electron chi connectivity index (χ2n) is 7.82. The molecule has 1 fully saturated rings. The summed E-state index contributed by atoms with van der Waals surface area (Å²) in [6.45, 7) is 3.97. The van der Waals surface area contributed by atoms with Gasteiger partial charge in [0, 0.05) is 24.7 Å². The number of fused-ring (bicyclic) bond motifs is 1. The SMILES string of the molecule is FC(F)(F)c1ccc2c(NCC3CCN(CCc4ccccc4)CC3)nccc2n1. The Morgan fingerprint density at radius 2 is 1.77 bits per heavy atom. The second-order valence-corrected chi connectivity index (χ2v) is 7.82. The maximum absolute atomic E-state index is 12.9. The van der Waals surface area contributed by atoms with Crippen LogP contribution in [0.5, 0.6) is 0 Å². The Bertz CT molecular complexity index is 967. The molecule has 0 atom stereocenters. The third-order valence-electron chi connectivity index (χ3n) is 5.73. The third-order valence-corrected chi connectivity index (χ3v) is 5.73. The number of anilines is 1. The van der Waals surface area contributed by atoms with Gasteiger partial charge < -0.3 is 10.2 Å². The van der Waals surface area contributed by atoms with Crippen LogP contribution in [0.4, 0.5) is 19.0 Å². The van der Waals surface area contributed by atoms with Crippen LogP contribution in [-0.4, -0.2) is 41.0 Å². The molecule has 2 aromatic heterocycles. The van der Waals surface area contributed by atoms with Gasteiger partial charge in [0.1, 0.15) is 11.5 Å². The van der Waals surface area contributed by atoms with Gasteiger partial charge in [0.15, 0.2) is 0 Å². The fraction of sp³-hybridized carbons (Fsp3) is 0.391. The van der Waals surface area contributed by atoms with Crippen molar-refractivity contribution in [2.24, 2.45) is 5.92 Å². The lowest BCUT2D eigenvalue weighted by molar-refractivity contribution is -0.140. The Balaban J connectivity index is 1.30. The largest absolute Gasteiger partial charge is 0.433 e. The van der Waals surface area contributed by atoms with Crippen molar-refractivity contribution in [1.82, 2.24) is 14.9 Å². The van der Waals surface area contributed by atoms with E-state index in [0.29, 0.717) is 22.6 Å². The van der Waals surface area contributed by atoms with Gasteiger partial charge in [-0.05, 0) is 62.0 Å². The lowest BCUT2D eigenvalue weighted by Crippen LogP contribution is -2.37. The molecule has 4 rings (SSSR count). The Labute approximate surface area is 174 Å². The zero-order valence-corrected chi connectivity index (χ0v) is 16.7. The molecule has 0 unspecified atom stereocenters. The van der Waals surface area contributed by atoms with Gasteiger partial charge in [-0.2, -0.15) is 13.2 Å². The molecule has 3 aromatic rings. The summed E-state index contributed by atoms with van der Waals surface area (Å²) in [5.41, 5.74) is 0.790. The van der Waals surface area contributed by atoms with Crippen molar-refractivity contribution in [1.29, 1.82) is 0 Å². The first kappa shape index (κ1) is 20.6. The van der Waals surface area contributed by atoms with E-state index in [1.807, 2.05) is 6.07 Å². The molecule has 3 heterocycles. The molecule has 1 N–H and O–H groups in total. The van der Waals surface area contributed by atoms with Crippen LogP contribution in [-0.2, 0) is 12.6 Å². The summed E-state index contributed by atoms with van der Waals surface area (Å²) in [6, 6.07) is 14.5. The monoisotopic (exact) mass is 414 g/mol. The predicted molar refractivity (Wildman–Crippen MR) is 112 cm³/mol. The second kappa shape index (κ2) is 9.00. The number of alkyl halides is 3. The number of piperidine rings is 1. The van der Waals surface area contributed by atoms with Crippen LogP contribution in [0.2, 0.25) is 0 Å². The van der Waals surface area contributed by atoms with Crippen LogP contribution in [0.3, 0.4) is 0 Å². The van der Waals surface area contributed by atoms with Crippen molar-refractivity contribution >= 4 is 16.7 Å². The van der Waals surface area contributed by atoms with Gasteiger partial charge in [-0.25, -0.2) is 9.97 Å². The summed E-state index contributed by atoms with van der Waals surface area (Å²) in [7, 11) is 0. The molecule has 7 heteroatoms. The zero-order chi connectivity index (χ0) is 21.0. The van der Waals surface area contributed by atoms with Gasteiger partial charge in [0.05, 0.1) is 5.52 Å². The lowest BCUT2D eigenvalue weighted by Gasteiger charge is -2.32. The maximum Gasteiger partial charge on any atom is 0.433 e. The van der Waals surface area contributed by atoms with Crippen LogP contribution in [0, 0.1) is 5.92 Å². The molecular formula is C23H25F3N4. The van der Waals surface area contributed by atoms with Crippen LogP contribution < -0.4 is 5.32 Å². The van der Waals surface area contributed by atoms with Gasteiger partial charge in [-0.15, -0.1) is 0 Å². The van der Waals surface area contributed by atoms with Gasteiger partial charge in [-0.3, -0.25) is 0 Å². The standard InChI is InChI=1S/C23H25F3N4/c24-23(25,26)21-7-6-19-20(29-21)8-12-27-22(19)28-16-18-10-14-30(15-11-18)13-9-17-4-2-1-3-5-17/h1-8,12,18H,9-11,13-16H2,(H,27,28). The highest BCUT2D eigenvalue weighted by Crippen LogP contribution is 2.30. The van der Waals surface area contributed by atoms with E-state index in [4.69, 9.17) is 0 Å². The fourth-order valence-electron chi connectivity index (χ4n) is 3.94. The average molecular weight is 414 g/mol. The van der Waals surface area contributed by atoms with E-state index < -0.39 is 11.9 Å². The molecule has 158 valence electrons. The molecule has 0 bridgehead atoms. The Hall–Kier alpha value is -2.67. The van der Waals surface area contributed by atoms with Gasteiger partial charge in [0.2, 0.25) is 0 Å². The summed E-state index contributed by atoms with van der Waals surface area (Å²) >= 11 is 0. The number of rotatable bonds is 6. The fourth-order valence-corrected chi connectivity index (χ4v) is 3.94. The topological polar surface area (TPSA) is 41.0 Å². The van der Waals surface area contributed by atoms with Gasteiger partial charge in [0.25, 0.3) is 0 Å². The first-order valence-electron chi connectivity index (χ1n) is 10.3. The molecule has 30 heavy (non-hydrogen) atoms. The number of hydrogen-bond acceptors (Lipinski definition) is 4. The molecule has 1 aliphatic rings. The predicted octanol–water partition coefficient (Wildman–Crippen LogP) is 5.02. The number of nitrogens with one attached hydrogen (secondary N) is 1. The van der Waals surface area contributed by atoms with Crippen molar-refractivity contribution in [2.45, 2.75) is 25.4 Å². The van der Waals surface area contributed by atoms with E-state index in [0.717, 1.165) is 51.5 Å². The first-order valence-corrected chi connectivity index (χ1v) is 10.3. The Morgan fingerprint density at radius 1 is 1.00 bits per heavy atom. The minimum atomic E-state index is -4.44. The minimum absolute atomic E-state index is 0.304. The Morgan fingerprint density at radius 3 is 2.50 bits per heavy atom. The van der Waals surface area contributed by atoms with E-state index in [9.17, 15) is 13.2 Å². The molecule has 1 aromatic carbocycles. The normalized spacial score (nSPS) is 16.1. The molecule has 0 radical (unpaired) electrons. The maximum atomic E-state index is 12.9. The highest BCUT2D eigenvalue weighted by atomic mass is 19.4. The highest BCUT2D eigenvalue weighted by molar-refractivity contribution is 5.89. The molecule has 0 amide bonds. The molecule has 0 aliphatic carbocycles. The van der Waals surface area contributed by atoms with Crippen molar-refractivity contribution in [3.63, 3.8) is 0 Å². The van der Waals surface area contributed by atoms with Crippen molar-refractivity contribution in [2.75, 3.05) is 31.5 Å². The molecule has 1 aliphatic heterocycles. The summed E-state index contributed by atoms with van der Waals surface area (Å²) in [4.78, 5) is 10.6. The summed E-state index contributed by atoms with van der Waals surface area (Å²) in [6.07, 6.45) is 0.326. The molecule has 0 spiro atoms. The first-order chi connectivity index (χ1) is 14.5. The number of nitrogens with zero attached hydrogens (tertiary/aromatic N) is 3. The number of likely N-dealkylation sites (tertiary alicyclic amines) is 1. The highest BCUT2D eigenvalue weighted by Gasteiger charge is 2.32. The quantitative estimate of drug-likeness (QED) is 0.615. The van der Waals surface area contributed by atoms with Crippen LogP contribution in [0.25, 0.3) is 10.9 Å². The molecule has 1 saturated heterocycles. The minimum Gasteiger partial charge on any atom is -0.369 e. The number of aromatic nitrogens is 2. The van der Waals surface area contributed by atoms with Gasteiger partial charge in [-0.1, -0.05) is 30.3 Å². The van der Waals surface area contributed by atoms with Crippen LogP contribution in [0.1, 0.15) is 24.1 Å². The van der Waals surface area contributed by atoms with E-state index >= 15 is 0 Å². The van der Waals surface area contributed by atoms with E-state index in [-0.39, 0.29) is 0 Å². The van der Waals surface area contributed by atoms with Crippen molar-refractivity contribution in [3.8, 4) is 0 Å². The van der Waals surface area contributed by atoms with E-state index in [2.05, 4.69) is 44.5 Å². The third kappa shape index (κ3) is 5.08. The number of hydrogen-bond donors (Lipinski definition) is 1. The van der Waals surface area contributed by atoms with Crippen LogP contribution in [0.15, 0.2) is 54.7 Å². The van der Waals surface area contributed by atoms with Crippen molar-refractivity contribution < 1.29 is 13.2 Å². The van der Waals surface area contributed by atoms with E-state index in [1.54, 1.807) is 0 Å². The van der Waals surface area contributed by atoms with Crippen molar-refractivity contribution in [3.05, 3.63) is 66.0 Å². The van der Waals surface area contributed by atoms with Crippen LogP contribution >= 0.6 is 0 Å².